The van der Waals surface area contributed by atoms with Crippen molar-refractivity contribution in [1.82, 2.24) is 20.2 Å². The van der Waals surface area contributed by atoms with E-state index in [-0.39, 0.29) is 24.4 Å². The Kier molecular flexibility index (Phi) is 8.49. The van der Waals surface area contributed by atoms with Crippen LogP contribution in [0.3, 0.4) is 0 Å². The SMILES string of the molecule is COc1cccc([C@H](NC(=O)CN2Cc3ccc(-c4nc(NC5CCOCC5)ncc4Cl)cc3C2=O)[C@H](C)O)c1. The molecule has 1 fully saturated rings. The van der Waals surface area contributed by atoms with Gasteiger partial charge in [0.25, 0.3) is 5.91 Å². The molecular weight excluding hydrogens is 534 g/mol. The smallest absolute Gasteiger partial charge is 0.254 e. The number of fused-ring (bicyclic) bond motifs is 1. The van der Waals surface area contributed by atoms with Crippen molar-refractivity contribution >= 4 is 29.4 Å². The number of halogens is 1. The van der Waals surface area contributed by atoms with Crippen LogP contribution >= 0.6 is 11.6 Å². The molecule has 2 amide bonds. The molecule has 2 aliphatic rings. The van der Waals surface area contributed by atoms with Crippen molar-refractivity contribution < 1.29 is 24.2 Å². The molecule has 5 rings (SSSR count). The fraction of sp³-hybridized carbons (Fsp3) is 0.379. The van der Waals surface area contributed by atoms with Gasteiger partial charge in [0.2, 0.25) is 11.9 Å². The fourth-order valence-electron chi connectivity index (χ4n) is 5.01. The number of carbonyl (C=O) groups excluding carboxylic acids is 2. The third kappa shape index (κ3) is 6.19. The zero-order valence-electron chi connectivity index (χ0n) is 22.4. The van der Waals surface area contributed by atoms with Crippen LogP contribution in [0.4, 0.5) is 5.95 Å². The summed E-state index contributed by atoms with van der Waals surface area (Å²) < 4.78 is 10.7. The summed E-state index contributed by atoms with van der Waals surface area (Å²) in [5.41, 5.74) is 3.23. The Morgan fingerprint density at radius 2 is 2.05 bits per heavy atom. The second-order valence-electron chi connectivity index (χ2n) is 10.0. The second kappa shape index (κ2) is 12.2. The number of anilines is 1. The summed E-state index contributed by atoms with van der Waals surface area (Å²) in [6.07, 6.45) is 2.44. The number of ether oxygens (including phenoxy) is 2. The van der Waals surface area contributed by atoms with Crippen molar-refractivity contribution in [2.24, 2.45) is 0 Å². The molecule has 10 nitrogen and oxygen atoms in total. The van der Waals surface area contributed by atoms with Crippen LogP contribution in [0.15, 0.2) is 48.7 Å². The highest BCUT2D eigenvalue weighted by molar-refractivity contribution is 6.33. The number of rotatable bonds is 9. The van der Waals surface area contributed by atoms with Gasteiger partial charge in [0.05, 0.1) is 36.2 Å². The molecule has 40 heavy (non-hydrogen) atoms. The highest BCUT2D eigenvalue weighted by Gasteiger charge is 2.31. The van der Waals surface area contributed by atoms with Gasteiger partial charge in [0, 0.05) is 36.9 Å². The van der Waals surface area contributed by atoms with Crippen molar-refractivity contribution in [3.05, 3.63) is 70.4 Å². The lowest BCUT2D eigenvalue weighted by Gasteiger charge is -2.24. The standard InChI is InChI=1S/C29H32ClN5O5/c1-17(36)26(18-4-3-5-22(12-18)39-2)33-25(37)16-35-15-20-7-6-19(13-23(20)28(35)38)27-24(30)14-31-29(34-27)32-21-8-10-40-11-9-21/h3-7,12-14,17,21,26,36H,8-11,15-16H2,1-2H3,(H,33,37)(H,31,32,34)/t17-,26+/m0/s1. The van der Waals surface area contributed by atoms with Crippen LogP contribution in [0.2, 0.25) is 5.02 Å². The van der Waals surface area contributed by atoms with Crippen LogP contribution in [-0.2, 0) is 16.1 Å². The zero-order chi connectivity index (χ0) is 28.2. The first-order chi connectivity index (χ1) is 19.3. The monoisotopic (exact) mass is 565 g/mol. The molecule has 3 heterocycles. The molecule has 2 atom stereocenters. The largest absolute Gasteiger partial charge is 0.497 e. The summed E-state index contributed by atoms with van der Waals surface area (Å²) in [5.74, 6) is 0.458. The number of aliphatic hydroxyl groups is 1. The van der Waals surface area contributed by atoms with Crippen molar-refractivity contribution in [2.45, 2.75) is 44.5 Å². The molecule has 210 valence electrons. The molecule has 0 radical (unpaired) electrons. The number of carbonyl (C=O) groups is 2. The number of nitrogens with one attached hydrogen (secondary N) is 2. The Morgan fingerprint density at radius 3 is 2.80 bits per heavy atom. The maximum atomic E-state index is 13.3. The molecule has 1 aromatic heterocycles. The van der Waals surface area contributed by atoms with Crippen molar-refractivity contribution in [2.75, 3.05) is 32.2 Å². The molecule has 0 unspecified atom stereocenters. The van der Waals surface area contributed by atoms with Gasteiger partial charge in [-0.1, -0.05) is 35.9 Å². The van der Waals surface area contributed by atoms with E-state index in [0.29, 0.717) is 58.9 Å². The minimum Gasteiger partial charge on any atom is -0.497 e. The van der Waals surface area contributed by atoms with Crippen LogP contribution in [0.1, 0.15) is 47.3 Å². The van der Waals surface area contributed by atoms with Crippen LogP contribution in [0.5, 0.6) is 5.75 Å². The van der Waals surface area contributed by atoms with E-state index in [9.17, 15) is 14.7 Å². The summed E-state index contributed by atoms with van der Waals surface area (Å²) in [5, 5.41) is 16.9. The van der Waals surface area contributed by atoms with E-state index >= 15 is 0 Å². The van der Waals surface area contributed by atoms with E-state index in [1.54, 1.807) is 50.6 Å². The van der Waals surface area contributed by atoms with Gasteiger partial charge in [-0.25, -0.2) is 9.97 Å². The van der Waals surface area contributed by atoms with E-state index < -0.39 is 12.1 Å². The molecule has 0 spiro atoms. The molecule has 11 heteroatoms. The number of methoxy groups -OCH3 is 1. The minimum atomic E-state index is -0.853. The number of hydrogen-bond acceptors (Lipinski definition) is 8. The van der Waals surface area contributed by atoms with Gasteiger partial charge in [-0.15, -0.1) is 0 Å². The summed E-state index contributed by atoms with van der Waals surface area (Å²) in [6.45, 7) is 3.14. The lowest BCUT2D eigenvalue weighted by Crippen LogP contribution is -2.41. The predicted octanol–water partition coefficient (Wildman–Crippen LogP) is 3.59. The second-order valence-corrected chi connectivity index (χ2v) is 10.4. The quantitative estimate of drug-likeness (QED) is 0.359. The summed E-state index contributed by atoms with van der Waals surface area (Å²) in [6, 6.07) is 12.2. The summed E-state index contributed by atoms with van der Waals surface area (Å²) >= 11 is 6.45. The van der Waals surface area contributed by atoms with E-state index in [0.717, 1.165) is 18.4 Å². The summed E-state index contributed by atoms with van der Waals surface area (Å²) in [4.78, 5) is 36.7. The van der Waals surface area contributed by atoms with Crippen LogP contribution in [0.25, 0.3) is 11.3 Å². The van der Waals surface area contributed by atoms with Crippen molar-refractivity contribution in [3.8, 4) is 17.0 Å². The van der Waals surface area contributed by atoms with Crippen molar-refractivity contribution in [1.29, 1.82) is 0 Å². The lowest BCUT2D eigenvalue weighted by atomic mass is 10.0. The molecule has 3 aromatic rings. The highest BCUT2D eigenvalue weighted by atomic mass is 35.5. The van der Waals surface area contributed by atoms with Crippen LogP contribution in [0, 0.1) is 0 Å². The Bertz CT molecular complexity index is 1390. The van der Waals surface area contributed by atoms with Gasteiger partial charge in [-0.05, 0) is 49.1 Å². The summed E-state index contributed by atoms with van der Waals surface area (Å²) in [7, 11) is 1.55. The van der Waals surface area contributed by atoms with Gasteiger partial charge >= 0.3 is 0 Å². The van der Waals surface area contributed by atoms with E-state index in [2.05, 4.69) is 20.6 Å². The first kappa shape index (κ1) is 27.8. The molecule has 2 aliphatic heterocycles. The van der Waals surface area contributed by atoms with E-state index in [1.807, 2.05) is 12.1 Å². The molecule has 1 saturated heterocycles. The van der Waals surface area contributed by atoms with Gasteiger partial charge < -0.3 is 30.1 Å². The molecule has 0 aliphatic carbocycles. The van der Waals surface area contributed by atoms with Gasteiger partial charge in [0.1, 0.15) is 12.3 Å². The Labute approximate surface area is 237 Å². The third-order valence-corrected chi connectivity index (χ3v) is 7.42. The molecule has 0 saturated carbocycles. The maximum absolute atomic E-state index is 13.3. The first-order valence-corrected chi connectivity index (χ1v) is 13.6. The number of hydrogen-bond donors (Lipinski definition) is 3. The first-order valence-electron chi connectivity index (χ1n) is 13.2. The molecule has 0 bridgehead atoms. The minimum absolute atomic E-state index is 0.149. The van der Waals surface area contributed by atoms with Crippen LogP contribution in [-0.4, -0.2) is 70.8 Å². The molecule has 3 N–H and O–H groups in total. The van der Waals surface area contributed by atoms with Gasteiger partial charge in [0.15, 0.2) is 0 Å². The van der Waals surface area contributed by atoms with E-state index in [1.165, 1.54) is 4.90 Å². The fourth-order valence-corrected chi connectivity index (χ4v) is 5.21. The zero-order valence-corrected chi connectivity index (χ0v) is 23.1. The van der Waals surface area contributed by atoms with Gasteiger partial charge in [-0.3, -0.25) is 9.59 Å². The number of amides is 2. The number of aromatic nitrogens is 2. The molecule has 2 aromatic carbocycles. The number of benzene rings is 2. The average molecular weight is 566 g/mol. The topological polar surface area (TPSA) is 126 Å². The van der Waals surface area contributed by atoms with Crippen molar-refractivity contribution in [3.63, 3.8) is 0 Å². The Morgan fingerprint density at radius 1 is 1.25 bits per heavy atom. The Hall–Kier alpha value is -3.73. The van der Waals surface area contributed by atoms with Gasteiger partial charge in [-0.2, -0.15) is 0 Å². The number of aliphatic hydroxyl groups excluding tert-OH is 1. The normalized spacial score (nSPS) is 16.8. The Balaban J connectivity index is 1.28. The lowest BCUT2D eigenvalue weighted by molar-refractivity contribution is -0.123. The third-order valence-electron chi connectivity index (χ3n) is 7.15. The van der Waals surface area contributed by atoms with Crippen LogP contribution < -0.4 is 15.4 Å². The number of nitrogens with zero attached hydrogens (tertiary/aromatic N) is 3. The maximum Gasteiger partial charge on any atom is 0.254 e. The average Bonchev–Trinajstić information content (AvgIpc) is 3.27. The predicted molar refractivity (Wildman–Crippen MR) is 150 cm³/mol. The highest BCUT2D eigenvalue weighted by Crippen LogP contribution is 2.32. The molecular formula is C29H32ClN5O5. The van der Waals surface area contributed by atoms with E-state index in [4.69, 9.17) is 21.1 Å².